The standard InChI is InChI=1S/C12H24N2O3S/c1-2-13-7-4-10-18(15,16)14-8-9-17-12-6-3-5-11(12)14/h11-13H,2-10H2,1H3. The summed E-state index contributed by atoms with van der Waals surface area (Å²) < 4.78 is 32.0. The van der Waals surface area contributed by atoms with Gasteiger partial charge in [0.25, 0.3) is 0 Å². The Morgan fingerprint density at radius 3 is 3.00 bits per heavy atom. The predicted octanol–water partition coefficient (Wildman–Crippen LogP) is 0.569. The van der Waals surface area contributed by atoms with Crippen LogP contribution >= 0.6 is 0 Å². The van der Waals surface area contributed by atoms with E-state index in [9.17, 15) is 8.42 Å². The van der Waals surface area contributed by atoms with Crippen molar-refractivity contribution in [3.8, 4) is 0 Å². The van der Waals surface area contributed by atoms with Crippen molar-refractivity contribution in [2.75, 3.05) is 32.0 Å². The lowest BCUT2D eigenvalue weighted by Gasteiger charge is -2.36. The molecule has 2 unspecified atom stereocenters. The summed E-state index contributed by atoms with van der Waals surface area (Å²) in [6.45, 7) is 4.77. The highest BCUT2D eigenvalue weighted by atomic mass is 32.2. The highest BCUT2D eigenvalue weighted by Crippen LogP contribution is 2.31. The number of fused-ring (bicyclic) bond motifs is 1. The topological polar surface area (TPSA) is 58.6 Å². The molecule has 2 rings (SSSR count). The Bertz CT molecular complexity index is 358. The average molecular weight is 276 g/mol. The van der Waals surface area contributed by atoms with Crippen LogP contribution in [0.15, 0.2) is 0 Å². The van der Waals surface area contributed by atoms with E-state index in [-0.39, 0.29) is 17.9 Å². The fourth-order valence-electron chi connectivity index (χ4n) is 2.91. The van der Waals surface area contributed by atoms with E-state index in [1.165, 1.54) is 0 Å². The third kappa shape index (κ3) is 3.23. The Morgan fingerprint density at radius 1 is 1.39 bits per heavy atom. The van der Waals surface area contributed by atoms with Crippen LogP contribution < -0.4 is 5.32 Å². The second kappa shape index (κ2) is 6.32. The molecule has 5 nitrogen and oxygen atoms in total. The molecule has 1 N–H and O–H groups in total. The molecule has 0 bridgehead atoms. The van der Waals surface area contributed by atoms with E-state index in [0.717, 1.165) is 32.4 Å². The summed E-state index contributed by atoms with van der Waals surface area (Å²) in [6.07, 6.45) is 3.87. The maximum atomic E-state index is 12.3. The molecule has 0 aromatic rings. The fraction of sp³-hybridized carbons (Fsp3) is 1.00. The molecule has 2 aliphatic rings. The van der Waals surface area contributed by atoms with Crippen molar-refractivity contribution in [3.63, 3.8) is 0 Å². The summed E-state index contributed by atoms with van der Waals surface area (Å²) in [5.74, 6) is 0.253. The van der Waals surface area contributed by atoms with Crippen molar-refractivity contribution in [2.45, 2.75) is 44.8 Å². The molecule has 18 heavy (non-hydrogen) atoms. The van der Waals surface area contributed by atoms with E-state index in [0.29, 0.717) is 19.6 Å². The number of nitrogens with zero attached hydrogens (tertiary/aromatic N) is 1. The number of sulfonamides is 1. The van der Waals surface area contributed by atoms with Gasteiger partial charge in [0.2, 0.25) is 10.0 Å². The number of hydrogen-bond donors (Lipinski definition) is 1. The molecule has 1 aliphatic carbocycles. The highest BCUT2D eigenvalue weighted by Gasteiger charge is 2.41. The molecular formula is C12H24N2O3S. The maximum absolute atomic E-state index is 12.3. The van der Waals surface area contributed by atoms with Crippen LogP contribution in [0.5, 0.6) is 0 Å². The van der Waals surface area contributed by atoms with E-state index >= 15 is 0 Å². The third-order valence-electron chi connectivity index (χ3n) is 3.79. The largest absolute Gasteiger partial charge is 0.375 e. The van der Waals surface area contributed by atoms with E-state index in [1.54, 1.807) is 4.31 Å². The van der Waals surface area contributed by atoms with Gasteiger partial charge in [-0.2, -0.15) is 4.31 Å². The van der Waals surface area contributed by atoms with Gasteiger partial charge in [-0.15, -0.1) is 0 Å². The van der Waals surface area contributed by atoms with Crippen molar-refractivity contribution in [3.05, 3.63) is 0 Å². The molecular weight excluding hydrogens is 252 g/mol. The molecule has 2 atom stereocenters. The van der Waals surface area contributed by atoms with E-state index in [4.69, 9.17) is 4.74 Å². The molecule has 106 valence electrons. The van der Waals surface area contributed by atoms with Gasteiger partial charge in [0.15, 0.2) is 0 Å². The number of hydrogen-bond acceptors (Lipinski definition) is 4. The average Bonchev–Trinajstić information content (AvgIpc) is 2.82. The first-order valence-corrected chi connectivity index (χ1v) is 8.58. The van der Waals surface area contributed by atoms with Gasteiger partial charge in [-0.3, -0.25) is 0 Å². The second-order valence-corrected chi connectivity index (χ2v) is 7.08. The first-order valence-electron chi connectivity index (χ1n) is 6.97. The van der Waals surface area contributed by atoms with Crippen LogP contribution in [0.2, 0.25) is 0 Å². The highest BCUT2D eigenvalue weighted by molar-refractivity contribution is 7.89. The van der Waals surface area contributed by atoms with Crippen LogP contribution in [-0.2, 0) is 14.8 Å². The van der Waals surface area contributed by atoms with Crippen LogP contribution in [0.1, 0.15) is 32.6 Å². The lowest BCUT2D eigenvalue weighted by atomic mass is 10.2. The molecule has 1 heterocycles. The minimum Gasteiger partial charge on any atom is -0.375 e. The van der Waals surface area contributed by atoms with Gasteiger partial charge in [0.1, 0.15) is 0 Å². The molecule has 0 aromatic carbocycles. The smallest absolute Gasteiger partial charge is 0.214 e. The molecule has 1 aliphatic heterocycles. The molecule has 1 saturated heterocycles. The van der Waals surface area contributed by atoms with Crippen molar-refractivity contribution in [1.82, 2.24) is 9.62 Å². The normalized spacial score (nSPS) is 29.4. The summed E-state index contributed by atoms with van der Waals surface area (Å²) >= 11 is 0. The first-order chi connectivity index (χ1) is 8.65. The zero-order valence-corrected chi connectivity index (χ0v) is 11.9. The molecule has 0 radical (unpaired) electrons. The number of morpholine rings is 1. The van der Waals surface area contributed by atoms with Gasteiger partial charge in [0, 0.05) is 6.54 Å². The first kappa shape index (κ1) is 14.2. The summed E-state index contributed by atoms with van der Waals surface area (Å²) in [6, 6.07) is 0.0999. The van der Waals surface area contributed by atoms with Gasteiger partial charge in [0.05, 0.1) is 24.5 Å². The Labute approximate surface area is 110 Å². The van der Waals surface area contributed by atoms with Crippen LogP contribution in [-0.4, -0.2) is 56.9 Å². The fourth-order valence-corrected chi connectivity index (χ4v) is 4.66. The number of ether oxygens (including phenoxy) is 1. The molecule has 0 aromatic heterocycles. The Hall–Kier alpha value is -0.170. The van der Waals surface area contributed by atoms with E-state index in [2.05, 4.69) is 5.32 Å². The third-order valence-corrected chi connectivity index (χ3v) is 5.77. The summed E-state index contributed by atoms with van der Waals surface area (Å²) in [5, 5.41) is 3.16. The van der Waals surface area contributed by atoms with Crippen molar-refractivity contribution in [1.29, 1.82) is 0 Å². The minimum atomic E-state index is -3.10. The van der Waals surface area contributed by atoms with Crippen LogP contribution in [0.4, 0.5) is 0 Å². The quantitative estimate of drug-likeness (QED) is 0.721. The summed E-state index contributed by atoms with van der Waals surface area (Å²) in [7, 11) is -3.10. The van der Waals surface area contributed by atoms with Crippen molar-refractivity contribution in [2.24, 2.45) is 0 Å². The zero-order chi connectivity index (χ0) is 13.0. The molecule has 2 fully saturated rings. The van der Waals surface area contributed by atoms with Gasteiger partial charge in [-0.25, -0.2) is 8.42 Å². The lowest BCUT2D eigenvalue weighted by Crippen LogP contribution is -2.51. The van der Waals surface area contributed by atoms with Gasteiger partial charge in [-0.05, 0) is 38.8 Å². The van der Waals surface area contributed by atoms with Crippen LogP contribution in [0.3, 0.4) is 0 Å². The summed E-state index contributed by atoms with van der Waals surface area (Å²) in [5.41, 5.74) is 0. The molecule has 0 spiro atoms. The molecule has 0 amide bonds. The molecule has 1 saturated carbocycles. The van der Waals surface area contributed by atoms with E-state index < -0.39 is 10.0 Å². The van der Waals surface area contributed by atoms with Gasteiger partial charge >= 0.3 is 0 Å². The van der Waals surface area contributed by atoms with Crippen LogP contribution in [0.25, 0.3) is 0 Å². The number of nitrogens with one attached hydrogen (secondary N) is 1. The Morgan fingerprint density at radius 2 is 2.22 bits per heavy atom. The van der Waals surface area contributed by atoms with E-state index in [1.807, 2.05) is 6.92 Å². The van der Waals surface area contributed by atoms with Crippen LogP contribution in [0, 0.1) is 0 Å². The maximum Gasteiger partial charge on any atom is 0.214 e. The van der Waals surface area contributed by atoms with Crippen molar-refractivity contribution < 1.29 is 13.2 Å². The lowest BCUT2D eigenvalue weighted by molar-refractivity contribution is -0.0241. The van der Waals surface area contributed by atoms with Gasteiger partial charge < -0.3 is 10.1 Å². The SMILES string of the molecule is CCNCCCS(=O)(=O)N1CCOC2CCCC21. The second-order valence-electron chi connectivity index (χ2n) is 5.04. The summed E-state index contributed by atoms with van der Waals surface area (Å²) in [4.78, 5) is 0. The Kier molecular flexibility index (Phi) is 5.00. The zero-order valence-electron chi connectivity index (χ0n) is 11.1. The Balaban J connectivity index is 1.91. The molecule has 6 heteroatoms. The minimum absolute atomic E-state index is 0.0999. The monoisotopic (exact) mass is 276 g/mol. The van der Waals surface area contributed by atoms with Gasteiger partial charge in [-0.1, -0.05) is 6.92 Å². The predicted molar refractivity (Wildman–Crippen MR) is 71.0 cm³/mol. The number of rotatable bonds is 6. The van der Waals surface area contributed by atoms with Crippen molar-refractivity contribution >= 4 is 10.0 Å².